The quantitative estimate of drug-likeness (QED) is 0.432. The molecular weight excluding hydrogens is 445 g/mol. The molecule has 0 saturated heterocycles. The van der Waals surface area contributed by atoms with Gasteiger partial charge in [-0.05, 0) is 49.2 Å². The van der Waals surface area contributed by atoms with Gasteiger partial charge >= 0.3 is 0 Å². The SMILES string of the molecule is COc1ccc(C(=O)c2cc(C)c(OC)c(C)c2)c(OC)c1N(C(=O)CCl)C(=O)CCl. The first-order chi connectivity index (χ1) is 14.7. The van der Waals surface area contributed by atoms with E-state index in [1.165, 1.54) is 26.4 Å². The highest BCUT2D eigenvalue weighted by molar-refractivity contribution is 6.38. The molecule has 0 aliphatic rings. The second-order valence-electron chi connectivity index (χ2n) is 6.56. The normalized spacial score (nSPS) is 10.4. The summed E-state index contributed by atoms with van der Waals surface area (Å²) in [6.45, 7) is 3.67. The zero-order valence-corrected chi connectivity index (χ0v) is 19.4. The van der Waals surface area contributed by atoms with Gasteiger partial charge in [0.15, 0.2) is 11.5 Å². The first-order valence-electron chi connectivity index (χ1n) is 9.18. The van der Waals surface area contributed by atoms with Gasteiger partial charge in [-0.1, -0.05) is 0 Å². The lowest BCUT2D eigenvalue weighted by molar-refractivity contribution is -0.124. The Kier molecular flexibility index (Phi) is 8.30. The number of rotatable bonds is 8. The van der Waals surface area contributed by atoms with Crippen molar-refractivity contribution in [1.29, 1.82) is 0 Å². The van der Waals surface area contributed by atoms with Gasteiger partial charge in [0.25, 0.3) is 0 Å². The van der Waals surface area contributed by atoms with Crippen molar-refractivity contribution >= 4 is 46.5 Å². The Bertz CT molecular complexity index is 982. The van der Waals surface area contributed by atoms with Crippen LogP contribution in [-0.2, 0) is 9.59 Å². The first kappa shape index (κ1) is 24.5. The highest BCUT2D eigenvalue weighted by atomic mass is 35.5. The monoisotopic (exact) mass is 467 g/mol. The average Bonchev–Trinajstić information content (AvgIpc) is 2.77. The Morgan fingerprint density at radius 2 is 1.35 bits per heavy atom. The highest BCUT2D eigenvalue weighted by Crippen LogP contribution is 2.42. The van der Waals surface area contributed by atoms with Crippen molar-refractivity contribution in [3.63, 3.8) is 0 Å². The molecule has 0 aromatic heterocycles. The molecule has 0 N–H and O–H groups in total. The van der Waals surface area contributed by atoms with Crippen LogP contribution in [0.3, 0.4) is 0 Å². The van der Waals surface area contributed by atoms with Gasteiger partial charge in [-0.15, -0.1) is 23.2 Å². The lowest BCUT2D eigenvalue weighted by Crippen LogP contribution is -2.39. The number of ketones is 1. The standard InChI is InChI=1S/C22H23Cl2NO6/c1-12-8-14(9-13(2)21(12)30-4)20(28)15-6-7-16(29-3)19(22(15)31-5)25(17(26)10-23)18(27)11-24/h6-9H,10-11H2,1-5H3. The maximum Gasteiger partial charge on any atom is 0.248 e. The number of ether oxygens (including phenoxy) is 3. The third kappa shape index (κ3) is 4.78. The maximum absolute atomic E-state index is 13.4. The molecule has 2 rings (SSSR count). The Labute approximate surface area is 190 Å². The van der Waals surface area contributed by atoms with Crippen LogP contribution in [0.25, 0.3) is 0 Å². The van der Waals surface area contributed by atoms with Gasteiger partial charge in [-0.2, -0.15) is 0 Å². The molecule has 0 aliphatic carbocycles. The molecule has 0 bridgehead atoms. The van der Waals surface area contributed by atoms with Gasteiger partial charge in [-0.3, -0.25) is 14.4 Å². The van der Waals surface area contributed by atoms with Gasteiger partial charge in [0, 0.05) is 5.56 Å². The van der Waals surface area contributed by atoms with Crippen LogP contribution in [0, 0.1) is 13.8 Å². The second-order valence-corrected chi connectivity index (χ2v) is 7.09. The highest BCUT2D eigenvalue weighted by Gasteiger charge is 2.31. The smallest absolute Gasteiger partial charge is 0.248 e. The van der Waals surface area contributed by atoms with Crippen LogP contribution in [-0.4, -0.2) is 50.7 Å². The van der Waals surface area contributed by atoms with E-state index in [0.29, 0.717) is 11.3 Å². The van der Waals surface area contributed by atoms with Gasteiger partial charge in [-0.25, -0.2) is 4.90 Å². The number of imide groups is 1. The molecule has 0 heterocycles. The van der Waals surface area contributed by atoms with E-state index in [4.69, 9.17) is 37.4 Å². The minimum atomic E-state index is -0.732. The Balaban J connectivity index is 2.76. The number of amides is 2. The van der Waals surface area contributed by atoms with E-state index in [9.17, 15) is 14.4 Å². The molecule has 0 aliphatic heterocycles. The Morgan fingerprint density at radius 3 is 1.77 bits per heavy atom. The summed E-state index contributed by atoms with van der Waals surface area (Å²) in [4.78, 5) is 39.1. The van der Waals surface area contributed by atoms with E-state index in [2.05, 4.69) is 0 Å². The fraction of sp³-hybridized carbons (Fsp3) is 0.318. The van der Waals surface area contributed by atoms with Crippen LogP contribution in [0.15, 0.2) is 24.3 Å². The van der Waals surface area contributed by atoms with Crippen LogP contribution in [0.5, 0.6) is 17.2 Å². The van der Waals surface area contributed by atoms with Crippen LogP contribution in [0.4, 0.5) is 5.69 Å². The summed E-state index contributed by atoms with van der Waals surface area (Å²) in [6.07, 6.45) is 0. The van der Waals surface area contributed by atoms with Crippen molar-refractivity contribution in [2.75, 3.05) is 38.0 Å². The zero-order chi connectivity index (χ0) is 23.3. The van der Waals surface area contributed by atoms with Crippen LogP contribution < -0.4 is 19.1 Å². The molecular formula is C22H23Cl2NO6. The third-order valence-corrected chi connectivity index (χ3v) is 5.10. The minimum Gasteiger partial charge on any atom is -0.496 e. The van der Waals surface area contributed by atoms with Crippen molar-refractivity contribution in [2.24, 2.45) is 0 Å². The third-order valence-electron chi connectivity index (χ3n) is 4.64. The van der Waals surface area contributed by atoms with Crippen molar-refractivity contribution in [2.45, 2.75) is 13.8 Å². The van der Waals surface area contributed by atoms with Crippen LogP contribution >= 0.6 is 23.2 Å². The molecule has 31 heavy (non-hydrogen) atoms. The summed E-state index contributed by atoms with van der Waals surface area (Å²) in [5, 5.41) is 0. The van der Waals surface area contributed by atoms with Crippen molar-refractivity contribution < 1.29 is 28.6 Å². The number of alkyl halides is 2. The number of methoxy groups -OCH3 is 3. The summed E-state index contributed by atoms with van der Waals surface area (Å²) >= 11 is 11.4. The van der Waals surface area contributed by atoms with E-state index in [1.54, 1.807) is 19.2 Å². The van der Waals surface area contributed by atoms with E-state index >= 15 is 0 Å². The molecule has 2 aromatic carbocycles. The summed E-state index contributed by atoms with van der Waals surface area (Å²) < 4.78 is 16.2. The first-order valence-corrected chi connectivity index (χ1v) is 10.2. The number of halogens is 2. The molecule has 166 valence electrons. The lowest BCUT2D eigenvalue weighted by atomic mass is 9.97. The summed E-state index contributed by atoms with van der Waals surface area (Å²) in [7, 11) is 4.25. The molecule has 2 aromatic rings. The number of aryl methyl sites for hydroxylation is 2. The summed E-state index contributed by atoms with van der Waals surface area (Å²) in [5.74, 6) is -1.97. The van der Waals surface area contributed by atoms with Crippen molar-refractivity contribution in [3.8, 4) is 17.2 Å². The van der Waals surface area contributed by atoms with E-state index < -0.39 is 23.6 Å². The second kappa shape index (κ2) is 10.5. The summed E-state index contributed by atoms with van der Waals surface area (Å²) in [5.41, 5.74) is 2.07. The van der Waals surface area contributed by atoms with Gasteiger partial charge in [0.05, 0.1) is 26.9 Å². The van der Waals surface area contributed by atoms with E-state index in [1.807, 2.05) is 13.8 Å². The molecule has 2 amide bonds. The number of hydrogen-bond acceptors (Lipinski definition) is 6. The Morgan fingerprint density at radius 1 is 0.839 bits per heavy atom. The fourth-order valence-corrected chi connectivity index (χ4v) is 3.62. The maximum atomic E-state index is 13.4. The minimum absolute atomic E-state index is 0.00703. The van der Waals surface area contributed by atoms with Gasteiger partial charge in [0.1, 0.15) is 28.9 Å². The number of benzene rings is 2. The predicted molar refractivity (Wildman–Crippen MR) is 119 cm³/mol. The molecule has 0 fully saturated rings. The molecule has 0 atom stereocenters. The van der Waals surface area contributed by atoms with Crippen molar-refractivity contribution in [1.82, 2.24) is 0 Å². The number of hydrogen-bond donors (Lipinski definition) is 0. The van der Waals surface area contributed by atoms with Crippen LogP contribution in [0.1, 0.15) is 27.0 Å². The summed E-state index contributed by atoms with van der Waals surface area (Å²) in [6, 6.07) is 6.38. The number of carbonyl (C=O) groups excluding carboxylic acids is 3. The molecule has 0 spiro atoms. The molecule has 0 unspecified atom stereocenters. The van der Waals surface area contributed by atoms with Gasteiger partial charge in [0.2, 0.25) is 11.8 Å². The molecule has 0 saturated carbocycles. The Hall–Kier alpha value is -2.77. The topological polar surface area (TPSA) is 82.1 Å². The number of nitrogens with zero attached hydrogens (tertiary/aromatic N) is 1. The van der Waals surface area contributed by atoms with E-state index in [-0.39, 0.29) is 28.5 Å². The average molecular weight is 468 g/mol. The zero-order valence-electron chi connectivity index (χ0n) is 17.9. The molecule has 7 nitrogen and oxygen atoms in total. The lowest BCUT2D eigenvalue weighted by Gasteiger charge is -2.25. The van der Waals surface area contributed by atoms with Gasteiger partial charge < -0.3 is 14.2 Å². The van der Waals surface area contributed by atoms with Crippen molar-refractivity contribution in [3.05, 3.63) is 46.5 Å². The fourth-order valence-electron chi connectivity index (χ4n) is 3.38. The molecule has 9 heteroatoms. The van der Waals surface area contributed by atoms with Crippen LogP contribution in [0.2, 0.25) is 0 Å². The van der Waals surface area contributed by atoms with E-state index in [0.717, 1.165) is 16.0 Å². The largest absolute Gasteiger partial charge is 0.496 e. The number of carbonyl (C=O) groups is 3. The molecule has 0 radical (unpaired) electrons. The number of anilines is 1. The predicted octanol–water partition coefficient (Wildman–Crippen LogP) is 3.90.